The van der Waals surface area contributed by atoms with Crippen molar-refractivity contribution in [2.75, 3.05) is 4.90 Å². The molecule has 3 aromatic heterocycles. The molecule has 0 N–H and O–H groups in total. The largest absolute Gasteiger partial charge is 0.310 e. The molecule has 0 fully saturated rings. The fourth-order valence-corrected chi connectivity index (χ4v) is 10.2. The summed E-state index contributed by atoms with van der Waals surface area (Å²) in [4.78, 5) is 13.2. The van der Waals surface area contributed by atoms with Gasteiger partial charge in [0.25, 0.3) is 0 Å². The summed E-state index contributed by atoms with van der Waals surface area (Å²) < 4.78 is 4.82. The van der Waals surface area contributed by atoms with Gasteiger partial charge in [-0.1, -0.05) is 170 Å². The Morgan fingerprint density at radius 2 is 0.841 bits per heavy atom. The second-order valence-electron chi connectivity index (χ2n) is 15.8. The molecule has 0 saturated carbocycles. The maximum atomic E-state index is 5.42. The molecule has 4 nitrogen and oxygen atoms in total. The summed E-state index contributed by atoms with van der Waals surface area (Å²) >= 11 is 1.84. The number of thiophene rings is 1. The van der Waals surface area contributed by atoms with Crippen molar-refractivity contribution in [2.45, 2.75) is 0 Å². The molecule has 0 saturated heterocycles. The molecule has 0 bridgehead atoms. The predicted octanol–water partition coefficient (Wildman–Crippen LogP) is 16.1. The minimum absolute atomic E-state index is 0.620. The van der Waals surface area contributed by atoms with Crippen LogP contribution in [0, 0.1) is 0 Å². The molecule has 5 heteroatoms. The van der Waals surface area contributed by atoms with Gasteiger partial charge < -0.3 is 4.90 Å². The van der Waals surface area contributed by atoms with Crippen molar-refractivity contribution in [2.24, 2.45) is 0 Å². The standard InChI is InChI=1S/C58H38N4S/c1-5-17-39(18-6-1)43-25-15-27-45(35-43)61(46-28-16-26-44(36-46)40-19-7-2-8-20-40)47-31-32-48-53(37-47)62(52-33-34-55-57(56(48)52)49-29-13-14-30-54(49)63-55)58-59-50(41-21-9-3-10-22-41)38-51(60-58)42-23-11-4-12-24-42/h1-38H. The van der Waals surface area contributed by atoms with Gasteiger partial charge in [0.1, 0.15) is 0 Å². The van der Waals surface area contributed by atoms with Crippen LogP contribution >= 0.6 is 11.3 Å². The number of hydrogen-bond acceptors (Lipinski definition) is 4. The highest BCUT2D eigenvalue weighted by Crippen LogP contribution is 2.46. The summed E-state index contributed by atoms with van der Waals surface area (Å²) in [6.07, 6.45) is 0. The second-order valence-corrected chi connectivity index (χ2v) is 16.9. The molecule has 63 heavy (non-hydrogen) atoms. The third-order valence-electron chi connectivity index (χ3n) is 12.0. The van der Waals surface area contributed by atoms with E-state index in [1.54, 1.807) is 0 Å². The number of hydrogen-bond donors (Lipinski definition) is 0. The van der Waals surface area contributed by atoms with Gasteiger partial charge in [0.2, 0.25) is 5.95 Å². The van der Waals surface area contributed by atoms with Crippen LogP contribution in [-0.4, -0.2) is 14.5 Å². The van der Waals surface area contributed by atoms with Crippen molar-refractivity contribution >= 4 is 70.4 Å². The van der Waals surface area contributed by atoms with Gasteiger partial charge in [-0.2, -0.15) is 0 Å². The Morgan fingerprint density at radius 3 is 1.43 bits per heavy atom. The van der Waals surface area contributed by atoms with E-state index >= 15 is 0 Å². The molecular weight excluding hydrogens is 785 g/mol. The first-order valence-electron chi connectivity index (χ1n) is 21.2. The summed E-state index contributed by atoms with van der Waals surface area (Å²) in [6.45, 7) is 0. The molecule has 3 heterocycles. The molecule has 0 atom stereocenters. The Bertz CT molecular complexity index is 3480. The summed E-state index contributed by atoms with van der Waals surface area (Å²) in [5, 5.41) is 4.86. The smallest absolute Gasteiger partial charge is 0.235 e. The topological polar surface area (TPSA) is 34.0 Å². The number of rotatable bonds is 8. The van der Waals surface area contributed by atoms with Gasteiger partial charge in [0.05, 0.1) is 22.4 Å². The molecule has 0 amide bonds. The minimum atomic E-state index is 0.620. The molecule has 0 aliphatic carbocycles. The monoisotopic (exact) mass is 822 g/mol. The Kier molecular flexibility index (Phi) is 8.98. The van der Waals surface area contributed by atoms with Gasteiger partial charge in [-0.15, -0.1) is 11.3 Å². The molecule has 0 aliphatic heterocycles. The van der Waals surface area contributed by atoms with Crippen molar-refractivity contribution in [1.29, 1.82) is 0 Å². The molecule has 0 radical (unpaired) electrons. The summed E-state index contributed by atoms with van der Waals surface area (Å²) in [5.74, 6) is 0.620. The third-order valence-corrected chi connectivity index (χ3v) is 13.1. The van der Waals surface area contributed by atoms with Crippen LogP contribution in [0.2, 0.25) is 0 Å². The highest BCUT2D eigenvalue weighted by Gasteiger charge is 2.23. The lowest BCUT2D eigenvalue weighted by atomic mass is 10.0. The number of aromatic nitrogens is 3. The van der Waals surface area contributed by atoms with Crippen LogP contribution in [0.1, 0.15) is 0 Å². The number of fused-ring (bicyclic) bond motifs is 7. The average Bonchev–Trinajstić information content (AvgIpc) is 3.91. The van der Waals surface area contributed by atoms with E-state index in [0.29, 0.717) is 5.95 Å². The van der Waals surface area contributed by atoms with Crippen molar-refractivity contribution in [3.8, 4) is 50.7 Å². The lowest BCUT2D eigenvalue weighted by molar-refractivity contribution is 0.995. The lowest BCUT2D eigenvalue weighted by Crippen LogP contribution is -2.10. The molecule has 9 aromatic carbocycles. The van der Waals surface area contributed by atoms with Crippen LogP contribution in [0.3, 0.4) is 0 Å². The summed E-state index contributed by atoms with van der Waals surface area (Å²) in [6, 6.07) is 82.1. The van der Waals surface area contributed by atoms with Gasteiger partial charge in [0, 0.05) is 59.1 Å². The molecule has 0 spiro atoms. The maximum absolute atomic E-state index is 5.42. The van der Waals surface area contributed by atoms with Crippen molar-refractivity contribution in [1.82, 2.24) is 14.5 Å². The van der Waals surface area contributed by atoms with Gasteiger partial charge in [0.15, 0.2) is 0 Å². The van der Waals surface area contributed by atoms with Crippen molar-refractivity contribution < 1.29 is 0 Å². The first-order valence-corrected chi connectivity index (χ1v) is 22.0. The molecule has 0 aliphatic rings. The van der Waals surface area contributed by atoms with Crippen LogP contribution in [0.25, 0.3) is 92.7 Å². The van der Waals surface area contributed by atoms with E-state index in [0.717, 1.165) is 67.1 Å². The Labute approximate surface area is 369 Å². The van der Waals surface area contributed by atoms with Crippen LogP contribution in [0.4, 0.5) is 17.1 Å². The van der Waals surface area contributed by atoms with Gasteiger partial charge >= 0.3 is 0 Å². The van der Waals surface area contributed by atoms with Crippen LogP contribution in [0.5, 0.6) is 0 Å². The van der Waals surface area contributed by atoms with E-state index in [1.807, 2.05) is 23.5 Å². The first-order chi connectivity index (χ1) is 31.2. The van der Waals surface area contributed by atoms with E-state index < -0.39 is 0 Å². The fraction of sp³-hybridized carbons (Fsp3) is 0. The predicted molar refractivity (Wildman–Crippen MR) is 266 cm³/mol. The quantitative estimate of drug-likeness (QED) is 0.153. The number of nitrogens with zero attached hydrogens (tertiary/aromatic N) is 4. The number of benzene rings is 9. The third kappa shape index (κ3) is 6.54. The van der Waals surface area contributed by atoms with Gasteiger partial charge in [-0.25, -0.2) is 9.97 Å². The Balaban J connectivity index is 1.16. The van der Waals surface area contributed by atoms with Gasteiger partial charge in [-0.05, 0) is 82.9 Å². The Hall–Kier alpha value is -8.12. The molecule has 0 unspecified atom stereocenters. The SMILES string of the molecule is c1ccc(-c2cccc(N(c3cccc(-c4ccccc4)c3)c3ccc4c5c6c(ccc5n(-c5nc(-c7ccccc7)cc(-c7ccccc7)n5)c4c3)sc3ccccc36)c2)cc1. The normalized spacial score (nSPS) is 11.5. The number of anilines is 3. The van der Waals surface area contributed by atoms with E-state index in [1.165, 1.54) is 36.7 Å². The Morgan fingerprint density at radius 1 is 0.333 bits per heavy atom. The summed E-state index contributed by atoms with van der Waals surface area (Å²) in [7, 11) is 0. The molecular formula is C58H38N4S. The molecule has 12 rings (SSSR count). The fourth-order valence-electron chi connectivity index (χ4n) is 9.07. The zero-order valence-electron chi connectivity index (χ0n) is 34.1. The minimum Gasteiger partial charge on any atom is -0.310 e. The lowest BCUT2D eigenvalue weighted by Gasteiger charge is -2.27. The highest BCUT2D eigenvalue weighted by atomic mass is 32.1. The van der Waals surface area contributed by atoms with E-state index in [-0.39, 0.29) is 0 Å². The van der Waals surface area contributed by atoms with Crippen molar-refractivity contribution in [3.63, 3.8) is 0 Å². The second kappa shape index (κ2) is 15.4. The van der Waals surface area contributed by atoms with Crippen LogP contribution in [-0.2, 0) is 0 Å². The average molecular weight is 823 g/mol. The summed E-state index contributed by atoms with van der Waals surface area (Å²) in [5.41, 5.74) is 13.7. The van der Waals surface area contributed by atoms with E-state index in [4.69, 9.17) is 9.97 Å². The van der Waals surface area contributed by atoms with Crippen LogP contribution in [0.15, 0.2) is 231 Å². The van der Waals surface area contributed by atoms with Crippen molar-refractivity contribution in [3.05, 3.63) is 231 Å². The molecule has 12 aromatic rings. The van der Waals surface area contributed by atoms with Gasteiger partial charge in [-0.3, -0.25) is 4.57 Å². The zero-order chi connectivity index (χ0) is 41.7. The van der Waals surface area contributed by atoms with E-state index in [2.05, 4.69) is 228 Å². The van der Waals surface area contributed by atoms with Crippen LogP contribution < -0.4 is 4.90 Å². The first kappa shape index (κ1) is 36.7. The molecule has 296 valence electrons. The van der Waals surface area contributed by atoms with E-state index in [9.17, 15) is 0 Å². The highest BCUT2D eigenvalue weighted by molar-refractivity contribution is 7.26. The maximum Gasteiger partial charge on any atom is 0.235 e. The zero-order valence-corrected chi connectivity index (χ0v) is 35.0.